The molecule has 2 aromatic carbocycles. The number of nitrogens with zero attached hydrogens (tertiary/aromatic N) is 2. The zero-order chi connectivity index (χ0) is 20.1. The van der Waals surface area contributed by atoms with Gasteiger partial charge in [-0.2, -0.15) is 0 Å². The summed E-state index contributed by atoms with van der Waals surface area (Å²) in [5.41, 5.74) is 1.94. The Balaban J connectivity index is 1.40. The summed E-state index contributed by atoms with van der Waals surface area (Å²) in [4.78, 5) is 5.19. The number of likely N-dealkylation sites (tertiary alicyclic amines) is 2. The Bertz CT molecular complexity index is 799. The van der Waals surface area contributed by atoms with Crippen LogP contribution in [0.1, 0.15) is 36.8 Å². The predicted octanol–water partition coefficient (Wildman–Crippen LogP) is 4.47. The average molecular weight is 399 g/mol. The first-order chi connectivity index (χ1) is 14.2. The standard InChI is InChI=1S/C24H31FN2O2/c1-28-23-9-5-7-20(24(23)29-18-19-6-4-8-21(25)16-19)17-26-14-10-22(11-15-26)27-12-2-3-13-27/h4-9,16,22H,2-3,10-15,17-18H2,1H3. The molecule has 156 valence electrons. The van der Waals surface area contributed by atoms with Crippen LogP contribution in [0.25, 0.3) is 0 Å². The van der Waals surface area contributed by atoms with E-state index in [1.165, 1.54) is 50.9 Å². The summed E-state index contributed by atoms with van der Waals surface area (Å²) in [5.74, 6) is 1.25. The van der Waals surface area contributed by atoms with Crippen molar-refractivity contribution in [3.8, 4) is 11.5 Å². The van der Waals surface area contributed by atoms with Crippen molar-refractivity contribution in [2.75, 3.05) is 33.3 Å². The second-order valence-corrected chi connectivity index (χ2v) is 8.12. The summed E-state index contributed by atoms with van der Waals surface area (Å²) in [7, 11) is 1.66. The molecule has 0 unspecified atom stereocenters. The van der Waals surface area contributed by atoms with Gasteiger partial charge in [0.25, 0.3) is 0 Å². The van der Waals surface area contributed by atoms with Gasteiger partial charge in [0.15, 0.2) is 11.5 Å². The van der Waals surface area contributed by atoms with E-state index in [1.54, 1.807) is 13.2 Å². The van der Waals surface area contributed by atoms with Gasteiger partial charge in [-0.25, -0.2) is 4.39 Å². The maximum atomic E-state index is 13.5. The van der Waals surface area contributed by atoms with Crippen molar-refractivity contribution in [3.63, 3.8) is 0 Å². The molecule has 0 aromatic heterocycles. The topological polar surface area (TPSA) is 24.9 Å². The van der Waals surface area contributed by atoms with Gasteiger partial charge >= 0.3 is 0 Å². The van der Waals surface area contributed by atoms with Crippen LogP contribution in [-0.2, 0) is 13.2 Å². The Labute approximate surface area is 173 Å². The Morgan fingerprint density at radius 1 is 1.00 bits per heavy atom. The normalized spacial score (nSPS) is 18.8. The fourth-order valence-electron chi connectivity index (χ4n) is 4.58. The largest absolute Gasteiger partial charge is 0.493 e. The fourth-order valence-corrected chi connectivity index (χ4v) is 4.58. The summed E-state index contributed by atoms with van der Waals surface area (Å²) in [6.07, 6.45) is 5.19. The number of piperidine rings is 1. The van der Waals surface area contributed by atoms with Crippen LogP contribution >= 0.6 is 0 Å². The number of benzene rings is 2. The van der Waals surface area contributed by atoms with Gasteiger partial charge in [-0.3, -0.25) is 4.90 Å². The van der Waals surface area contributed by atoms with Crippen molar-refractivity contribution in [2.45, 2.75) is 44.9 Å². The van der Waals surface area contributed by atoms with Gasteiger partial charge in [-0.05, 0) is 75.6 Å². The molecule has 2 heterocycles. The lowest BCUT2D eigenvalue weighted by Gasteiger charge is -2.36. The molecule has 0 saturated carbocycles. The second-order valence-electron chi connectivity index (χ2n) is 8.12. The van der Waals surface area contributed by atoms with Gasteiger partial charge in [0.1, 0.15) is 12.4 Å². The first kappa shape index (κ1) is 20.2. The van der Waals surface area contributed by atoms with Crippen LogP contribution in [0.2, 0.25) is 0 Å². The van der Waals surface area contributed by atoms with E-state index in [2.05, 4.69) is 15.9 Å². The van der Waals surface area contributed by atoms with E-state index in [-0.39, 0.29) is 5.82 Å². The summed E-state index contributed by atoms with van der Waals surface area (Å²) < 4.78 is 25.1. The molecule has 2 aromatic rings. The van der Waals surface area contributed by atoms with Crippen LogP contribution in [-0.4, -0.2) is 49.1 Å². The van der Waals surface area contributed by atoms with Crippen LogP contribution in [0, 0.1) is 5.82 Å². The molecule has 4 nitrogen and oxygen atoms in total. The van der Waals surface area contributed by atoms with Crippen LogP contribution in [0.4, 0.5) is 4.39 Å². The monoisotopic (exact) mass is 398 g/mol. The highest BCUT2D eigenvalue weighted by molar-refractivity contribution is 5.46. The molecule has 4 rings (SSSR count). The van der Waals surface area contributed by atoms with Crippen molar-refractivity contribution in [3.05, 3.63) is 59.4 Å². The van der Waals surface area contributed by atoms with Gasteiger partial charge in [-0.1, -0.05) is 24.3 Å². The van der Waals surface area contributed by atoms with Crippen molar-refractivity contribution >= 4 is 0 Å². The first-order valence-corrected chi connectivity index (χ1v) is 10.7. The highest BCUT2D eigenvalue weighted by Gasteiger charge is 2.27. The molecule has 0 bridgehead atoms. The Kier molecular flexibility index (Phi) is 6.67. The molecule has 2 aliphatic heterocycles. The van der Waals surface area contributed by atoms with Crippen molar-refractivity contribution in [1.29, 1.82) is 0 Å². The molecule has 2 aliphatic rings. The van der Waals surface area contributed by atoms with E-state index in [0.29, 0.717) is 6.61 Å². The van der Waals surface area contributed by atoms with E-state index in [4.69, 9.17) is 9.47 Å². The molecule has 5 heteroatoms. The number of hydrogen-bond donors (Lipinski definition) is 0. The van der Waals surface area contributed by atoms with E-state index in [1.807, 2.05) is 18.2 Å². The van der Waals surface area contributed by atoms with Gasteiger partial charge in [0.2, 0.25) is 0 Å². The number of halogens is 1. The first-order valence-electron chi connectivity index (χ1n) is 10.7. The summed E-state index contributed by atoms with van der Waals surface area (Å²) >= 11 is 0. The van der Waals surface area contributed by atoms with E-state index in [0.717, 1.165) is 48.3 Å². The Morgan fingerprint density at radius 3 is 2.48 bits per heavy atom. The van der Waals surface area contributed by atoms with Crippen LogP contribution in [0.3, 0.4) is 0 Å². The van der Waals surface area contributed by atoms with Gasteiger partial charge < -0.3 is 14.4 Å². The quantitative estimate of drug-likeness (QED) is 0.687. The Hall–Kier alpha value is -2.11. The minimum atomic E-state index is -0.243. The van der Waals surface area contributed by atoms with Gasteiger partial charge in [-0.15, -0.1) is 0 Å². The maximum absolute atomic E-state index is 13.5. The highest BCUT2D eigenvalue weighted by atomic mass is 19.1. The van der Waals surface area contributed by atoms with E-state index >= 15 is 0 Å². The van der Waals surface area contributed by atoms with Crippen LogP contribution < -0.4 is 9.47 Å². The minimum absolute atomic E-state index is 0.243. The molecule has 0 radical (unpaired) electrons. The summed E-state index contributed by atoms with van der Waals surface area (Å²) in [6, 6.07) is 13.3. The molecular weight excluding hydrogens is 367 g/mol. The molecule has 0 atom stereocenters. The third kappa shape index (κ3) is 5.09. The lowest BCUT2D eigenvalue weighted by Crippen LogP contribution is -2.43. The molecule has 0 spiro atoms. The zero-order valence-corrected chi connectivity index (χ0v) is 17.3. The lowest BCUT2D eigenvalue weighted by atomic mass is 10.0. The van der Waals surface area contributed by atoms with Crippen LogP contribution in [0.15, 0.2) is 42.5 Å². The zero-order valence-electron chi connectivity index (χ0n) is 17.3. The van der Waals surface area contributed by atoms with Crippen molar-refractivity contribution < 1.29 is 13.9 Å². The summed E-state index contributed by atoms with van der Waals surface area (Å²) in [6.45, 7) is 5.95. The molecule has 29 heavy (non-hydrogen) atoms. The molecule has 0 aliphatic carbocycles. The second kappa shape index (κ2) is 9.59. The summed E-state index contributed by atoms with van der Waals surface area (Å²) in [5, 5.41) is 0. The van der Waals surface area contributed by atoms with Crippen molar-refractivity contribution in [1.82, 2.24) is 9.80 Å². The van der Waals surface area contributed by atoms with E-state index < -0.39 is 0 Å². The van der Waals surface area contributed by atoms with E-state index in [9.17, 15) is 4.39 Å². The molecule has 0 N–H and O–H groups in total. The molecular formula is C24H31FN2O2. The van der Waals surface area contributed by atoms with Gasteiger partial charge in [0.05, 0.1) is 7.11 Å². The molecule has 2 saturated heterocycles. The fraction of sp³-hybridized carbons (Fsp3) is 0.500. The third-order valence-electron chi connectivity index (χ3n) is 6.16. The van der Waals surface area contributed by atoms with Crippen molar-refractivity contribution in [2.24, 2.45) is 0 Å². The molecule has 0 amide bonds. The van der Waals surface area contributed by atoms with Crippen LogP contribution in [0.5, 0.6) is 11.5 Å². The third-order valence-corrected chi connectivity index (χ3v) is 6.16. The SMILES string of the molecule is COc1cccc(CN2CCC(N3CCCC3)CC2)c1OCc1cccc(F)c1. The smallest absolute Gasteiger partial charge is 0.166 e. The average Bonchev–Trinajstić information content (AvgIpc) is 3.28. The van der Waals surface area contributed by atoms with Gasteiger partial charge in [0, 0.05) is 18.2 Å². The number of hydrogen-bond acceptors (Lipinski definition) is 4. The minimum Gasteiger partial charge on any atom is -0.493 e. The number of methoxy groups -OCH3 is 1. The Morgan fingerprint density at radius 2 is 1.76 bits per heavy atom. The maximum Gasteiger partial charge on any atom is 0.166 e. The molecule has 2 fully saturated rings. The lowest BCUT2D eigenvalue weighted by molar-refractivity contribution is 0.121. The predicted molar refractivity (Wildman–Crippen MR) is 113 cm³/mol. The number of rotatable bonds is 7. The number of ether oxygens (including phenoxy) is 2. The highest BCUT2D eigenvalue weighted by Crippen LogP contribution is 2.33. The number of para-hydroxylation sites is 1.